The average molecular weight is 372 g/mol. The Bertz CT molecular complexity index is 973. The van der Waals surface area contributed by atoms with Crippen LogP contribution in [0.2, 0.25) is 0 Å². The summed E-state index contributed by atoms with van der Waals surface area (Å²) >= 11 is 0. The second-order valence-corrected chi connectivity index (χ2v) is 6.60. The topological polar surface area (TPSA) is 73.5 Å². The van der Waals surface area contributed by atoms with Crippen LogP contribution in [-0.4, -0.2) is 29.6 Å². The summed E-state index contributed by atoms with van der Waals surface area (Å²) in [7, 11) is 1.28. The van der Waals surface area contributed by atoms with E-state index in [0.29, 0.717) is 16.7 Å². The Morgan fingerprint density at radius 3 is 2.67 bits per heavy atom. The van der Waals surface area contributed by atoms with E-state index in [0.717, 1.165) is 0 Å². The van der Waals surface area contributed by atoms with Gasteiger partial charge in [-0.1, -0.05) is 32.0 Å². The van der Waals surface area contributed by atoms with Gasteiger partial charge in [0.2, 0.25) is 0 Å². The maximum atomic E-state index is 14.1. The number of nitrogens with one attached hydrogen (secondary N) is 1. The van der Waals surface area contributed by atoms with E-state index in [4.69, 9.17) is 9.15 Å². The van der Waals surface area contributed by atoms with Gasteiger partial charge in [-0.05, 0) is 12.0 Å². The second kappa shape index (κ2) is 7.65. The van der Waals surface area contributed by atoms with Crippen molar-refractivity contribution in [3.63, 3.8) is 0 Å². The van der Waals surface area contributed by atoms with Gasteiger partial charge in [-0.25, -0.2) is 9.18 Å². The van der Waals surface area contributed by atoms with Crippen LogP contribution in [0.15, 0.2) is 47.1 Å². The summed E-state index contributed by atoms with van der Waals surface area (Å²) in [6, 6.07) is 8.89. The molecule has 0 aliphatic rings. The number of furan rings is 1. The molecule has 3 rings (SSSR count). The van der Waals surface area contributed by atoms with Crippen molar-refractivity contribution in [2.45, 2.75) is 26.4 Å². The van der Waals surface area contributed by atoms with E-state index in [1.165, 1.54) is 19.4 Å². The lowest BCUT2D eigenvalue weighted by molar-refractivity contribution is -0.144. The van der Waals surface area contributed by atoms with Gasteiger partial charge < -0.3 is 19.0 Å². The molecule has 0 bridgehead atoms. The van der Waals surface area contributed by atoms with Crippen molar-refractivity contribution in [1.82, 2.24) is 9.88 Å². The third kappa shape index (κ3) is 3.72. The zero-order chi connectivity index (χ0) is 19.6. The Hall–Kier alpha value is -3.09. The van der Waals surface area contributed by atoms with Crippen LogP contribution in [0.5, 0.6) is 0 Å². The number of halogens is 1. The molecule has 0 unspecified atom stereocenters. The van der Waals surface area contributed by atoms with Crippen LogP contribution >= 0.6 is 0 Å². The molecule has 0 fully saturated rings. The molecule has 0 aliphatic carbocycles. The van der Waals surface area contributed by atoms with Crippen LogP contribution in [0.25, 0.3) is 11.1 Å². The molecule has 6 nitrogen and oxygen atoms in total. The van der Waals surface area contributed by atoms with E-state index < -0.39 is 17.9 Å². The standard InChI is InChI=1S/C20H21FN2O4/c1-12(2)18(20(25)26-3)22-19(24)16-10-17-15(8-9-27-17)23(16)11-13-6-4-5-7-14(13)21/h4-10,12,18H,11H2,1-3H3,(H,22,24)/t18-/m0/s1. The van der Waals surface area contributed by atoms with Crippen LogP contribution in [-0.2, 0) is 16.1 Å². The molecule has 0 radical (unpaired) electrons. The number of carbonyl (C=O) groups is 2. The minimum absolute atomic E-state index is 0.153. The number of esters is 1. The summed E-state index contributed by atoms with van der Waals surface area (Å²) in [6.45, 7) is 3.78. The van der Waals surface area contributed by atoms with E-state index in [9.17, 15) is 14.0 Å². The molecular weight excluding hydrogens is 351 g/mol. The van der Waals surface area contributed by atoms with Crippen molar-refractivity contribution in [3.8, 4) is 0 Å². The lowest BCUT2D eigenvalue weighted by Crippen LogP contribution is -2.45. The first kappa shape index (κ1) is 18.7. The highest BCUT2D eigenvalue weighted by Crippen LogP contribution is 2.23. The number of rotatable bonds is 6. The third-order valence-electron chi connectivity index (χ3n) is 4.45. The number of amides is 1. The summed E-state index contributed by atoms with van der Waals surface area (Å²) in [5.74, 6) is -1.49. The number of hydrogen-bond acceptors (Lipinski definition) is 4. The average Bonchev–Trinajstić information content (AvgIpc) is 3.23. The predicted octanol–water partition coefficient (Wildman–Crippen LogP) is 3.35. The Kier molecular flexibility index (Phi) is 5.30. The Balaban J connectivity index is 1.96. The van der Waals surface area contributed by atoms with Gasteiger partial charge in [0.05, 0.1) is 25.4 Å². The lowest BCUT2D eigenvalue weighted by Gasteiger charge is -2.20. The number of hydrogen-bond donors (Lipinski definition) is 1. The smallest absolute Gasteiger partial charge is 0.328 e. The highest BCUT2D eigenvalue weighted by molar-refractivity contribution is 5.99. The first-order valence-electron chi connectivity index (χ1n) is 8.61. The summed E-state index contributed by atoms with van der Waals surface area (Å²) in [5, 5.41) is 2.71. The maximum absolute atomic E-state index is 14.1. The lowest BCUT2D eigenvalue weighted by atomic mass is 10.0. The van der Waals surface area contributed by atoms with Crippen molar-refractivity contribution < 1.29 is 23.1 Å². The zero-order valence-corrected chi connectivity index (χ0v) is 15.4. The number of methoxy groups -OCH3 is 1. The summed E-state index contributed by atoms with van der Waals surface area (Å²) in [5.41, 5.74) is 1.90. The molecule has 2 aromatic heterocycles. The van der Waals surface area contributed by atoms with E-state index in [1.54, 1.807) is 34.9 Å². The van der Waals surface area contributed by atoms with Gasteiger partial charge in [-0.15, -0.1) is 0 Å². The first-order valence-corrected chi connectivity index (χ1v) is 8.61. The molecular formula is C20H21FN2O4. The molecule has 7 heteroatoms. The quantitative estimate of drug-likeness (QED) is 0.674. The molecule has 2 heterocycles. The molecule has 1 amide bonds. The number of ether oxygens (including phenoxy) is 1. The second-order valence-electron chi connectivity index (χ2n) is 6.60. The summed E-state index contributed by atoms with van der Waals surface area (Å²) in [6.07, 6.45) is 1.51. The number of fused-ring (bicyclic) bond motifs is 1. The predicted molar refractivity (Wildman–Crippen MR) is 97.8 cm³/mol. The van der Waals surface area contributed by atoms with Gasteiger partial charge in [0, 0.05) is 17.7 Å². The van der Waals surface area contributed by atoms with Gasteiger partial charge in [-0.3, -0.25) is 4.79 Å². The molecule has 27 heavy (non-hydrogen) atoms. The fraction of sp³-hybridized carbons (Fsp3) is 0.300. The summed E-state index contributed by atoms with van der Waals surface area (Å²) in [4.78, 5) is 24.8. The minimum atomic E-state index is -0.786. The molecule has 0 saturated heterocycles. The van der Waals surface area contributed by atoms with E-state index in [2.05, 4.69) is 5.32 Å². The fourth-order valence-electron chi connectivity index (χ4n) is 2.97. The molecule has 0 saturated carbocycles. The van der Waals surface area contributed by atoms with Crippen LogP contribution in [0, 0.1) is 11.7 Å². The number of aromatic nitrogens is 1. The minimum Gasteiger partial charge on any atom is -0.467 e. The molecule has 0 spiro atoms. The van der Waals surface area contributed by atoms with Crippen molar-refractivity contribution in [2.75, 3.05) is 7.11 Å². The Morgan fingerprint density at radius 1 is 1.26 bits per heavy atom. The maximum Gasteiger partial charge on any atom is 0.328 e. The normalized spacial score (nSPS) is 12.3. The van der Waals surface area contributed by atoms with Crippen molar-refractivity contribution in [1.29, 1.82) is 0 Å². The molecule has 1 aromatic carbocycles. The molecule has 3 aromatic rings. The first-order chi connectivity index (χ1) is 12.9. The number of nitrogens with zero attached hydrogens (tertiary/aromatic N) is 1. The van der Waals surface area contributed by atoms with Crippen molar-refractivity contribution in [3.05, 3.63) is 59.7 Å². The van der Waals surface area contributed by atoms with E-state index in [-0.39, 0.29) is 24.0 Å². The Labute approximate surface area is 155 Å². The molecule has 1 atom stereocenters. The van der Waals surface area contributed by atoms with Crippen LogP contribution in [0.1, 0.15) is 29.9 Å². The zero-order valence-electron chi connectivity index (χ0n) is 15.4. The van der Waals surface area contributed by atoms with Crippen molar-refractivity contribution >= 4 is 23.0 Å². The van der Waals surface area contributed by atoms with Gasteiger partial charge in [-0.2, -0.15) is 0 Å². The SMILES string of the molecule is COC(=O)[C@@H](NC(=O)c1cc2occc2n1Cc1ccccc1F)C(C)C. The molecule has 1 N–H and O–H groups in total. The monoisotopic (exact) mass is 372 g/mol. The summed E-state index contributed by atoms with van der Waals surface area (Å²) < 4.78 is 25.9. The third-order valence-corrected chi connectivity index (χ3v) is 4.45. The molecule has 142 valence electrons. The largest absolute Gasteiger partial charge is 0.467 e. The van der Waals surface area contributed by atoms with Crippen molar-refractivity contribution in [2.24, 2.45) is 5.92 Å². The highest BCUT2D eigenvalue weighted by Gasteiger charge is 2.27. The van der Waals surface area contributed by atoms with Crippen LogP contribution < -0.4 is 5.32 Å². The van der Waals surface area contributed by atoms with E-state index in [1.807, 2.05) is 13.8 Å². The van der Waals surface area contributed by atoms with Crippen LogP contribution in [0.4, 0.5) is 4.39 Å². The highest BCUT2D eigenvalue weighted by atomic mass is 19.1. The number of benzene rings is 1. The Morgan fingerprint density at radius 2 is 2.00 bits per heavy atom. The fourth-order valence-corrected chi connectivity index (χ4v) is 2.97. The van der Waals surface area contributed by atoms with Crippen LogP contribution in [0.3, 0.4) is 0 Å². The van der Waals surface area contributed by atoms with Gasteiger partial charge in [0.25, 0.3) is 5.91 Å². The van der Waals surface area contributed by atoms with Gasteiger partial charge in [0.1, 0.15) is 17.6 Å². The number of carbonyl (C=O) groups excluding carboxylic acids is 2. The van der Waals surface area contributed by atoms with Gasteiger partial charge >= 0.3 is 5.97 Å². The van der Waals surface area contributed by atoms with E-state index >= 15 is 0 Å². The van der Waals surface area contributed by atoms with Gasteiger partial charge in [0.15, 0.2) is 5.58 Å². The molecule has 0 aliphatic heterocycles.